The minimum absolute atomic E-state index is 0.765. The van der Waals surface area contributed by atoms with Crippen LogP contribution < -0.4 is 11.1 Å². The van der Waals surface area contributed by atoms with Gasteiger partial charge in [-0.25, -0.2) is 4.98 Å². The standard InChI is InChI=1S/C11H16N4/c12-5-1-2-6-13-9-3-4-10-11(7-9)15-8-14-10/h3-4,7-8,13H,1-2,5-6,12H2,(H,14,15). The SMILES string of the molecule is NCCCCNc1ccc2nc[nH]c2c1. The van der Waals surface area contributed by atoms with E-state index in [-0.39, 0.29) is 0 Å². The van der Waals surface area contributed by atoms with Gasteiger partial charge in [-0.2, -0.15) is 0 Å². The van der Waals surface area contributed by atoms with Crippen molar-refractivity contribution in [1.29, 1.82) is 0 Å². The molecule has 4 N–H and O–H groups in total. The van der Waals surface area contributed by atoms with E-state index in [9.17, 15) is 0 Å². The van der Waals surface area contributed by atoms with E-state index in [4.69, 9.17) is 5.73 Å². The van der Waals surface area contributed by atoms with E-state index in [1.165, 1.54) is 0 Å². The molecule has 0 amide bonds. The minimum atomic E-state index is 0.765. The number of hydrogen-bond acceptors (Lipinski definition) is 3. The minimum Gasteiger partial charge on any atom is -0.385 e. The van der Waals surface area contributed by atoms with Gasteiger partial charge in [0.1, 0.15) is 0 Å². The molecule has 0 aliphatic carbocycles. The fourth-order valence-electron chi connectivity index (χ4n) is 1.55. The fraction of sp³-hybridized carbons (Fsp3) is 0.364. The molecular weight excluding hydrogens is 188 g/mol. The first-order valence-corrected chi connectivity index (χ1v) is 5.27. The Morgan fingerprint density at radius 1 is 1.33 bits per heavy atom. The average molecular weight is 204 g/mol. The Labute approximate surface area is 88.9 Å². The van der Waals surface area contributed by atoms with Gasteiger partial charge >= 0.3 is 0 Å². The second-order valence-electron chi connectivity index (χ2n) is 3.56. The predicted molar refractivity (Wildman–Crippen MR) is 62.9 cm³/mol. The van der Waals surface area contributed by atoms with Crippen LogP contribution in [-0.4, -0.2) is 23.1 Å². The molecule has 2 rings (SSSR count). The second-order valence-corrected chi connectivity index (χ2v) is 3.56. The molecule has 4 heteroatoms. The zero-order chi connectivity index (χ0) is 10.5. The van der Waals surface area contributed by atoms with Crippen molar-refractivity contribution in [3.63, 3.8) is 0 Å². The van der Waals surface area contributed by atoms with Crippen LogP contribution in [0.15, 0.2) is 24.5 Å². The molecule has 0 aliphatic heterocycles. The largest absolute Gasteiger partial charge is 0.385 e. The second kappa shape index (κ2) is 4.79. The molecule has 0 fully saturated rings. The number of fused-ring (bicyclic) bond motifs is 1. The Bertz CT molecular complexity index is 421. The maximum Gasteiger partial charge on any atom is 0.0931 e. The van der Waals surface area contributed by atoms with Gasteiger partial charge in [0.2, 0.25) is 0 Å². The van der Waals surface area contributed by atoms with Crippen LogP contribution in [0.5, 0.6) is 0 Å². The maximum atomic E-state index is 5.43. The summed E-state index contributed by atoms with van der Waals surface area (Å²) in [4.78, 5) is 7.26. The van der Waals surface area contributed by atoms with Gasteiger partial charge in [0.05, 0.1) is 17.4 Å². The molecular formula is C11H16N4. The number of anilines is 1. The van der Waals surface area contributed by atoms with E-state index < -0.39 is 0 Å². The third-order valence-electron chi connectivity index (χ3n) is 2.38. The number of aromatic nitrogens is 2. The van der Waals surface area contributed by atoms with Crippen molar-refractivity contribution in [2.24, 2.45) is 5.73 Å². The lowest BCUT2D eigenvalue weighted by Crippen LogP contribution is -2.05. The van der Waals surface area contributed by atoms with Gasteiger partial charge in [-0.15, -0.1) is 0 Å². The molecule has 0 bridgehead atoms. The van der Waals surface area contributed by atoms with Crippen LogP contribution in [0, 0.1) is 0 Å². The summed E-state index contributed by atoms with van der Waals surface area (Å²) in [5.41, 5.74) is 8.63. The zero-order valence-corrected chi connectivity index (χ0v) is 8.66. The van der Waals surface area contributed by atoms with Gasteiger partial charge in [-0.3, -0.25) is 0 Å². The van der Waals surface area contributed by atoms with Crippen molar-refractivity contribution >= 4 is 16.7 Å². The number of benzene rings is 1. The number of nitrogens with zero attached hydrogens (tertiary/aromatic N) is 1. The first-order chi connectivity index (χ1) is 7.40. The van der Waals surface area contributed by atoms with Crippen LogP contribution in [0.2, 0.25) is 0 Å². The van der Waals surface area contributed by atoms with Gasteiger partial charge in [-0.1, -0.05) is 0 Å². The lowest BCUT2D eigenvalue weighted by Gasteiger charge is -2.05. The summed E-state index contributed by atoms with van der Waals surface area (Å²) in [7, 11) is 0. The van der Waals surface area contributed by atoms with Gasteiger partial charge < -0.3 is 16.0 Å². The van der Waals surface area contributed by atoms with Crippen molar-refractivity contribution in [3.8, 4) is 0 Å². The molecule has 0 aliphatic rings. The summed E-state index contributed by atoms with van der Waals surface area (Å²) in [6.45, 7) is 1.73. The van der Waals surface area contributed by atoms with Gasteiger partial charge in [0.15, 0.2) is 0 Å². The normalized spacial score (nSPS) is 10.7. The van der Waals surface area contributed by atoms with E-state index in [0.29, 0.717) is 0 Å². The van der Waals surface area contributed by atoms with Crippen LogP contribution in [0.1, 0.15) is 12.8 Å². The van der Waals surface area contributed by atoms with E-state index >= 15 is 0 Å². The van der Waals surface area contributed by atoms with Crippen LogP contribution in [-0.2, 0) is 0 Å². The Kier molecular flexibility index (Phi) is 3.19. The first kappa shape index (κ1) is 9.98. The Morgan fingerprint density at radius 3 is 3.13 bits per heavy atom. The van der Waals surface area contributed by atoms with Gasteiger partial charge in [-0.05, 0) is 37.6 Å². The van der Waals surface area contributed by atoms with Gasteiger partial charge in [0.25, 0.3) is 0 Å². The first-order valence-electron chi connectivity index (χ1n) is 5.27. The molecule has 0 spiro atoms. The highest BCUT2D eigenvalue weighted by molar-refractivity contribution is 5.78. The van der Waals surface area contributed by atoms with Crippen molar-refractivity contribution in [1.82, 2.24) is 9.97 Å². The molecule has 0 radical (unpaired) electrons. The highest BCUT2D eigenvalue weighted by atomic mass is 14.9. The monoisotopic (exact) mass is 204 g/mol. The van der Waals surface area contributed by atoms with Crippen molar-refractivity contribution in [2.45, 2.75) is 12.8 Å². The quantitative estimate of drug-likeness (QED) is 0.649. The molecule has 0 saturated carbocycles. The molecule has 0 atom stereocenters. The zero-order valence-electron chi connectivity index (χ0n) is 8.66. The molecule has 1 aromatic carbocycles. The summed E-state index contributed by atoms with van der Waals surface area (Å²) < 4.78 is 0. The van der Waals surface area contributed by atoms with Crippen molar-refractivity contribution < 1.29 is 0 Å². The van der Waals surface area contributed by atoms with Crippen LogP contribution >= 0.6 is 0 Å². The van der Waals surface area contributed by atoms with E-state index in [1.807, 2.05) is 12.1 Å². The van der Waals surface area contributed by atoms with Gasteiger partial charge in [0, 0.05) is 12.2 Å². The summed E-state index contributed by atoms with van der Waals surface area (Å²) >= 11 is 0. The molecule has 0 unspecified atom stereocenters. The number of nitrogens with two attached hydrogens (primary N) is 1. The Balaban J connectivity index is 1.96. The predicted octanol–water partition coefficient (Wildman–Crippen LogP) is 1.71. The molecule has 15 heavy (non-hydrogen) atoms. The van der Waals surface area contributed by atoms with E-state index in [1.54, 1.807) is 6.33 Å². The van der Waals surface area contributed by atoms with E-state index in [0.717, 1.165) is 42.7 Å². The Morgan fingerprint density at radius 2 is 2.27 bits per heavy atom. The number of hydrogen-bond donors (Lipinski definition) is 3. The third kappa shape index (κ3) is 2.47. The third-order valence-corrected chi connectivity index (χ3v) is 2.38. The number of unbranched alkanes of at least 4 members (excludes halogenated alkanes) is 1. The smallest absolute Gasteiger partial charge is 0.0931 e. The highest BCUT2D eigenvalue weighted by Crippen LogP contribution is 2.15. The summed E-state index contributed by atoms with van der Waals surface area (Å²) in [6.07, 6.45) is 3.89. The van der Waals surface area contributed by atoms with Crippen LogP contribution in [0.4, 0.5) is 5.69 Å². The highest BCUT2D eigenvalue weighted by Gasteiger charge is 1.97. The lowest BCUT2D eigenvalue weighted by molar-refractivity contribution is 0.774. The molecule has 1 aromatic heterocycles. The summed E-state index contributed by atoms with van der Waals surface area (Å²) in [5.74, 6) is 0. The Hall–Kier alpha value is -1.55. The summed E-state index contributed by atoms with van der Waals surface area (Å²) in [6, 6.07) is 6.13. The maximum absolute atomic E-state index is 5.43. The number of nitrogens with one attached hydrogen (secondary N) is 2. The van der Waals surface area contributed by atoms with Crippen LogP contribution in [0.25, 0.3) is 11.0 Å². The van der Waals surface area contributed by atoms with E-state index in [2.05, 4.69) is 21.4 Å². The topological polar surface area (TPSA) is 66.7 Å². The molecule has 0 saturated heterocycles. The van der Waals surface area contributed by atoms with Crippen LogP contribution in [0.3, 0.4) is 0 Å². The van der Waals surface area contributed by atoms with Crippen molar-refractivity contribution in [3.05, 3.63) is 24.5 Å². The number of imidazole rings is 1. The lowest BCUT2D eigenvalue weighted by atomic mass is 10.2. The molecule has 2 aromatic rings. The van der Waals surface area contributed by atoms with Crippen molar-refractivity contribution in [2.75, 3.05) is 18.4 Å². The molecule has 1 heterocycles. The average Bonchev–Trinajstić information content (AvgIpc) is 2.71. The number of rotatable bonds is 5. The molecule has 80 valence electrons. The fourth-order valence-corrected chi connectivity index (χ4v) is 1.55. The number of H-pyrrole nitrogens is 1. The number of aromatic amines is 1. The molecule has 4 nitrogen and oxygen atoms in total. The summed E-state index contributed by atoms with van der Waals surface area (Å²) in [5, 5.41) is 3.36.